The van der Waals surface area contributed by atoms with Gasteiger partial charge in [0.15, 0.2) is 0 Å². The highest BCUT2D eigenvalue weighted by Gasteiger charge is 2.37. The summed E-state index contributed by atoms with van der Waals surface area (Å²) < 4.78 is 0. The molecule has 1 aliphatic heterocycles. The van der Waals surface area contributed by atoms with Crippen molar-refractivity contribution in [3.05, 3.63) is 16.6 Å². The summed E-state index contributed by atoms with van der Waals surface area (Å²) in [6.07, 6.45) is 13.3. The number of nitrogens with one attached hydrogen (secondary N) is 1. The second kappa shape index (κ2) is 7.01. The lowest BCUT2D eigenvalue weighted by Crippen LogP contribution is -2.57. The van der Waals surface area contributed by atoms with Gasteiger partial charge in [-0.25, -0.2) is 0 Å². The van der Waals surface area contributed by atoms with Gasteiger partial charge in [0.05, 0.1) is 5.51 Å². The molecule has 0 aromatic carbocycles. The van der Waals surface area contributed by atoms with Crippen LogP contribution in [0, 0.1) is 0 Å². The molecule has 0 radical (unpaired) electrons. The van der Waals surface area contributed by atoms with Crippen molar-refractivity contribution in [3.63, 3.8) is 0 Å². The van der Waals surface area contributed by atoms with Crippen LogP contribution in [0.15, 0.2) is 11.7 Å². The first kappa shape index (κ1) is 14.5. The van der Waals surface area contributed by atoms with Gasteiger partial charge in [0, 0.05) is 29.7 Å². The van der Waals surface area contributed by atoms with Gasteiger partial charge in [-0.2, -0.15) is 0 Å². The number of rotatable bonds is 5. The molecule has 2 fully saturated rings. The molecule has 0 spiro atoms. The summed E-state index contributed by atoms with van der Waals surface area (Å²) in [5, 5.41) is 3.72. The maximum Gasteiger partial charge on any atom is 0.0794 e. The standard InChI is InChI=1S/C16H27N3S/c1-3-7-16(8-4-1,19-9-5-2-6-10-19)13-17-11-15-12-18-14-20-15/h12,14,17H,1-11,13H2. The third kappa shape index (κ3) is 3.41. The molecule has 4 heteroatoms. The first-order valence-electron chi connectivity index (χ1n) is 8.22. The van der Waals surface area contributed by atoms with E-state index >= 15 is 0 Å². The molecule has 1 aromatic rings. The minimum atomic E-state index is 0.448. The third-order valence-electron chi connectivity index (χ3n) is 5.05. The van der Waals surface area contributed by atoms with Crippen LogP contribution in [0.25, 0.3) is 0 Å². The van der Waals surface area contributed by atoms with Crippen LogP contribution < -0.4 is 5.32 Å². The molecule has 2 heterocycles. The fourth-order valence-electron chi connectivity index (χ4n) is 3.93. The smallest absolute Gasteiger partial charge is 0.0794 e. The number of nitrogens with zero attached hydrogens (tertiary/aromatic N) is 2. The van der Waals surface area contributed by atoms with Crippen LogP contribution in [0.5, 0.6) is 0 Å². The van der Waals surface area contributed by atoms with Crippen molar-refractivity contribution in [1.29, 1.82) is 0 Å². The highest BCUT2D eigenvalue weighted by atomic mass is 32.1. The molecule has 0 bridgehead atoms. The van der Waals surface area contributed by atoms with E-state index in [1.165, 1.54) is 69.3 Å². The van der Waals surface area contributed by atoms with Crippen LogP contribution in [-0.4, -0.2) is 35.1 Å². The van der Waals surface area contributed by atoms with Crippen LogP contribution in [0.3, 0.4) is 0 Å². The average molecular weight is 293 g/mol. The summed E-state index contributed by atoms with van der Waals surface area (Å²) in [6.45, 7) is 4.79. The molecule has 1 saturated carbocycles. The van der Waals surface area contributed by atoms with Gasteiger partial charge in [0.2, 0.25) is 0 Å². The molecular weight excluding hydrogens is 266 g/mol. The Balaban J connectivity index is 1.59. The van der Waals surface area contributed by atoms with Crippen molar-refractivity contribution < 1.29 is 0 Å². The van der Waals surface area contributed by atoms with E-state index in [1.807, 2.05) is 11.7 Å². The van der Waals surface area contributed by atoms with E-state index in [4.69, 9.17) is 0 Å². The Bertz CT molecular complexity index is 378. The molecular formula is C16H27N3S. The zero-order chi connectivity index (χ0) is 13.7. The number of piperidine rings is 1. The number of likely N-dealkylation sites (tertiary alicyclic amines) is 1. The summed E-state index contributed by atoms with van der Waals surface area (Å²) in [5.74, 6) is 0. The van der Waals surface area contributed by atoms with E-state index in [-0.39, 0.29) is 0 Å². The lowest BCUT2D eigenvalue weighted by atomic mass is 9.79. The number of aromatic nitrogens is 1. The van der Waals surface area contributed by atoms with Gasteiger partial charge in [0.25, 0.3) is 0 Å². The van der Waals surface area contributed by atoms with Gasteiger partial charge in [-0.05, 0) is 38.8 Å². The highest BCUT2D eigenvalue weighted by molar-refractivity contribution is 7.09. The van der Waals surface area contributed by atoms with Gasteiger partial charge in [-0.3, -0.25) is 9.88 Å². The molecule has 3 nitrogen and oxygen atoms in total. The maximum atomic E-state index is 4.16. The highest BCUT2D eigenvalue weighted by Crippen LogP contribution is 2.35. The molecule has 2 aliphatic rings. The molecule has 20 heavy (non-hydrogen) atoms. The van der Waals surface area contributed by atoms with Gasteiger partial charge in [-0.15, -0.1) is 11.3 Å². The second-order valence-electron chi connectivity index (χ2n) is 6.40. The Kier molecular flexibility index (Phi) is 5.08. The van der Waals surface area contributed by atoms with Gasteiger partial charge < -0.3 is 5.32 Å². The molecule has 1 saturated heterocycles. The van der Waals surface area contributed by atoms with Crippen LogP contribution in [0.4, 0.5) is 0 Å². The fraction of sp³-hybridized carbons (Fsp3) is 0.812. The van der Waals surface area contributed by atoms with Crippen LogP contribution >= 0.6 is 11.3 Å². The lowest BCUT2D eigenvalue weighted by molar-refractivity contribution is 0.0333. The van der Waals surface area contributed by atoms with Crippen LogP contribution in [0.1, 0.15) is 56.2 Å². The Morgan fingerprint density at radius 3 is 2.55 bits per heavy atom. The third-order valence-corrected chi connectivity index (χ3v) is 5.83. The molecule has 3 rings (SSSR count). The van der Waals surface area contributed by atoms with E-state index in [0.717, 1.165) is 13.1 Å². The van der Waals surface area contributed by atoms with E-state index < -0.39 is 0 Å². The molecule has 0 atom stereocenters. The molecule has 112 valence electrons. The summed E-state index contributed by atoms with van der Waals surface area (Å²) in [5.41, 5.74) is 2.38. The van der Waals surface area contributed by atoms with Crippen LogP contribution in [-0.2, 0) is 6.54 Å². The average Bonchev–Trinajstić information content (AvgIpc) is 3.02. The monoisotopic (exact) mass is 293 g/mol. The first-order valence-corrected chi connectivity index (χ1v) is 9.10. The van der Waals surface area contributed by atoms with E-state index in [2.05, 4.69) is 15.2 Å². The number of hydrogen-bond donors (Lipinski definition) is 1. The predicted molar refractivity (Wildman–Crippen MR) is 85.1 cm³/mol. The van der Waals surface area contributed by atoms with Crippen molar-refractivity contribution in [2.75, 3.05) is 19.6 Å². The second-order valence-corrected chi connectivity index (χ2v) is 7.37. The summed E-state index contributed by atoms with van der Waals surface area (Å²) in [7, 11) is 0. The molecule has 1 aliphatic carbocycles. The van der Waals surface area contributed by atoms with Gasteiger partial charge >= 0.3 is 0 Å². The maximum absolute atomic E-state index is 4.16. The van der Waals surface area contributed by atoms with E-state index in [9.17, 15) is 0 Å². The summed E-state index contributed by atoms with van der Waals surface area (Å²) in [4.78, 5) is 8.33. The van der Waals surface area contributed by atoms with Crippen molar-refractivity contribution in [3.8, 4) is 0 Å². The van der Waals surface area contributed by atoms with Gasteiger partial charge in [0.1, 0.15) is 0 Å². The van der Waals surface area contributed by atoms with Crippen molar-refractivity contribution in [2.45, 2.75) is 63.5 Å². The Labute approximate surface area is 126 Å². The SMILES string of the molecule is c1ncc(CNCC2(N3CCCCC3)CCCCC2)s1. The minimum Gasteiger partial charge on any atom is -0.310 e. The minimum absolute atomic E-state index is 0.448. The van der Waals surface area contributed by atoms with Crippen LogP contribution in [0.2, 0.25) is 0 Å². The Hall–Kier alpha value is -0.450. The Morgan fingerprint density at radius 2 is 1.85 bits per heavy atom. The number of hydrogen-bond acceptors (Lipinski definition) is 4. The van der Waals surface area contributed by atoms with E-state index in [0.29, 0.717) is 5.54 Å². The zero-order valence-electron chi connectivity index (χ0n) is 12.4. The molecule has 0 unspecified atom stereocenters. The quantitative estimate of drug-likeness (QED) is 0.901. The summed E-state index contributed by atoms with van der Waals surface area (Å²) >= 11 is 1.76. The normalized spacial score (nSPS) is 23.8. The van der Waals surface area contributed by atoms with Gasteiger partial charge in [-0.1, -0.05) is 25.7 Å². The zero-order valence-corrected chi connectivity index (χ0v) is 13.3. The molecule has 0 amide bonds. The van der Waals surface area contributed by atoms with Crippen molar-refractivity contribution >= 4 is 11.3 Å². The Morgan fingerprint density at radius 1 is 1.10 bits per heavy atom. The largest absolute Gasteiger partial charge is 0.310 e. The fourth-order valence-corrected chi connectivity index (χ4v) is 4.49. The predicted octanol–water partition coefficient (Wildman–Crippen LogP) is 3.42. The van der Waals surface area contributed by atoms with Crippen molar-refractivity contribution in [2.24, 2.45) is 0 Å². The number of thiazole rings is 1. The molecule has 1 N–H and O–H groups in total. The first-order chi connectivity index (χ1) is 9.89. The molecule has 1 aromatic heterocycles. The summed E-state index contributed by atoms with van der Waals surface area (Å²) in [6, 6.07) is 0. The van der Waals surface area contributed by atoms with Crippen molar-refractivity contribution in [1.82, 2.24) is 15.2 Å². The topological polar surface area (TPSA) is 28.2 Å². The van der Waals surface area contributed by atoms with E-state index in [1.54, 1.807) is 11.3 Å². The lowest BCUT2D eigenvalue weighted by Gasteiger charge is -2.48.